The lowest BCUT2D eigenvalue weighted by Crippen LogP contribution is -2.69. The molecule has 3 atom stereocenters. The van der Waals surface area contributed by atoms with Gasteiger partial charge >= 0.3 is 5.97 Å². The van der Waals surface area contributed by atoms with E-state index in [0.29, 0.717) is 30.9 Å². The smallest absolute Gasteiger partial charge is 0.348 e. The molecule has 0 bridgehead atoms. The number of amides is 1. The molecule has 5 rings (SSSR count). The molecule has 2 heterocycles. The molecule has 7 nitrogen and oxygen atoms in total. The number of esters is 1. The molecule has 7 heteroatoms. The van der Waals surface area contributed by atoms with Crippen LogP contribution in [0.3, 0.4) is 0 Å². The standard InChI is InChI=1S/C25H27NO6/c1-4-32-23(28)24(29)14-17-11-15-7-5-6-8-18(15)25(17)19-13-21(31-3)20(30-2)12-16(19)9-10-26(25)22(24)27/h5-8,12-13,17,29H,4,9-11,14H2,1-3H3/t17-,24-,25+/m0/s1. The number of carbonyl (C=O) groups is 2. The molecule has 32 heavy (non-hydrogen) atoms. The van der Waals surface area contributed by atoms with Crippen molar-refractivity contribution in [2.24, 2.45) is 5.92 Å². The summed E-state index contributed by atoms with van der Waals surface area (Å²) in [6, 6.07) is 12.0. The van der Waals surface area contributed by atoms with E-state index in [9.17, 15) is 14.7 Å². The minimum atomic E-state index is -2.18. The monoisotopic (exact) mass is 437 g/mol. The average molecular weight is 437 g/mol. The van der Waals surface area contributed by atoms with Crippen molar-refractivity contribution in [1.82, 2.24) is 4.90 Å². The van der Waals surface area contributed by atoms with Crippen LogP contribution in [0.25, 0.3) is 0 Å². The summed E-state index contributed by atoms with van der Waals surface area (Å²) in [6.45, 7) is 2.15. The Hall–Kier alpha value is -3.06. The topological polar surface area (TPSA) is 85.3 Å². The molecule has 1 spiro atoms. The molecule has 2 aromatic carbocycles. The van der Waals surface area contributed by atoms with E-state index in [0.717, 1.165) is 22.3 Å². The minimum Gasteiger partial charge on any atom is -0.493 e. The predicted molar refractivity (Wildman–Crippen MR) is 116 cm³/mol. The van der Waals surface area contributed by atoms with Crippen molar-refractivity contribution < 1.29 is 28.9 Å². The number of piperidine rings is 1. The van der Waals surface area contributed by atoms with Crippen LogP contribution in [0.15, 0.2) is 36.4 Å². The van der Waals surface area contributed by atoms with Crippen LogP contribution in [0.4, 0.5) is 0 Å². The summed E-state index contributed by atoms with van der Waals surface area (Å²) < 4.78 is 16.2. The quantitative estimate of drug-likeness (QED) is 0.583. The van der Waals surface area contributed by atoms with E-state index in [4.69, 9.17) is 14.2 Å². The number of rotatable bonds is 4. The van der Waals surface area contributed by atoms with E-state index in [-0.39, 0.29) is 18.9 Å². The van der Waals surface area contributed by atoms with Crippen LogP contribution < -0.4 is 9.47 Å². The van der Waals surface area contributed by atoms with Gasteiger partial charge in [0.05, 0.1) is 26.4 Å². The number of carbonyl (C=O) groups excluding carboxylic acids is 2. The molecule has 2 aliphatic heterocycles. The number of hydrogen-bond acceptors (Lipinski definition) is 6. The van der Waals surface area contributed by atoms with E-state index >= 15 is 0 Å². The summed E-state index contributed by atoms with van der Waals surface area (Å²) in [5.41, 5.74) is 1.24. The Kier molecular flexibility index (Phi) is 4.71. The molecule has 0 unspecified atom stereocenters. The number of nitrogens with zero attached hydrogens (tertiary/aromatic N) is 1. The van der Waals surface area contributed by atoms with Gasteiger partial charge in [-0.15, -0.1) is 0 Å². The zero-order chi connectivity index (χ0) is 22.7. The predicted octanol–water partition coefficient (Wildman–Crippen LogP) is 2.20. The molecule has 3 aliphatic rings. The molecular weight excluding hydrogens is 410 g/mol. The Balaban J connectivity index is 1.76. The number of aliphatic hydroxyl groups is 1. The Labute approximate surface area is 186 Å². The van der Waals surface area contributed by atoms with Crippen molar-refractivity contribution >= 4 is 11.9 Å². The number of fused-ring (bicyclic) bond motifs is 2. The van der Waals surface area contributed by atoms with Gasteiger partial charge in [0.15, 0.2) is 11.5 Å². The number of hydrogen-bond donors (Lipinski definition) is 1. The van der Waals surface area contributed by atoms with Crippen molar-refractivity contribution in [3.05, 3.63) is 58.7 Å². The van der Waals surface area contributed by atoms with E-state index < -0.39 is 23.0 Å². The lowest BCUT2D eigenvalue weighted by atomic mass is 9.64. The first kappa shape index (κ1) is 20.8. The highest BCUT2D eigenvalue weighted by atomic mass is 16.6. The minimum absolute atomic E-state index is 0.00360. The third-order valence-electron chi connectivity index (χ3n) is 7.29. The summed E-state index contributed by atoms with van der Waals surface area (Å²) in [4.78, 5) is 28.2. The van der Waals surface area contributed by atoms with Gasteiger partial charge in [0.25, 0.3) is 5.91 Å². The van der Waals surface area contributed by atoms with Gasteiger partial charge < -0.3 is 24.2 Å². The third-order valence-corrected chi connectivity index (χ3v) is 7.29. The second-order valence-corrected chi connectivity index (χ2v) is 8.68. The van der Waals surface area contributed by atoms with Gasteiger partial charge in [0.2, 0.25) is 5.60 Å². The Morgan fingerprint density at radius 3 is 2.56 bits per heavy atom. The molecule has 1 aliphatic carbocycles. The summed E-state index contributed by atoms with van der Waals surface area (Å²) in [6.07, 6.45) is 1.23. The van der Waals surface area contributed by atoms with Crippen LogP contribution in [-0.2, 0) is 32.7 Å². The molecule has 1 amide bonds. The molecule has 0 radical (unpaired) electrons. The maximum absolute atomic E-state index is 13.8. The maximum atomic E-state index is 13.8. The summed E-state index contributed by atoms with van der Waals surface area (Å²) in [5, 5.41) is 11.3. The zero-order valence-corrected chi connectivity index (χ0v) is 18.5. The molecule has 168 valence electrons. The van der Waals surface area contributed by atoms with Crippen LogP contribution >= 0.6 is 0 Å². The van der Waals surface area contributed by atoms with Crippen LogP contribution in [0.1, 0.15) is 35.6 Å². The fourth-order valence-corrected chi connectivity index (χ4v) is 6.04. The van der Waals surface area contributed by atoms with Crippen molar-refractivity contribution in [1.29, 1.82) is 0 Å². The lowest BCUT2D eigenvalue weighted by molar-refractivity contribution is -0.191. The molecule has 1 saturated heterocycles. The lowest BCUT2D eigenvalue weighted by Gasteiger charge is -2.56. The molecule has 0 aromatic heterocycles. The van der Waals surface area contributed by atoms with Gasteiger partial charge in [-0.1, -0.05) is 24.3 Å². The largest absolute Gasteiger partial charge is 0.493 e. The fraction of sp³-hybridized carbons (Fsp3) is 0.440. The zero-order valence-electron chi connectivity index (χ0n) is 18.5. The van der Waals surface area contributed by atoms with Crippen molar-refractivity contribution in [3.63, 3.8) is 0 Å². The van der Waals surface area contributed by atoms with Gasteiger partial charge in [-0.2, -0.15) is 0 Å². The first-order valence-electron chi connectivity index (χ1n) is 11.0. The van der Waals surface area contributed by atoms with Gasteiger partial charge in [-0.3, -0.25) is 4.79 Å². The maximum Gasteiger partial charge on any atom is 0.348 e. The van der Waals surface area contributed by atoms with Gasteiger partial charge in [-0.05, 0) is 60.1 Å². The average Bonchev–Trinajstić information content (AvgIpc) is 3.12. The Bertz CT molecular complexity index is 1110. The summed E-state index contributed by atoms with van der Waals surface area (Å²) in [7, 11) is 3.20. The Morgan fingerprint density at radius 2 is 1.84 bits per heavy atom. The van der Waals surface area contributed by atoms with Gasteiger partial charge in [-0.25, -0.2) is 4.79 Å². The fourth-order valence-electron chi connectivity index (χ4n) is 6.04. The first-order valence-corrected chi connectivity index (χ1v) is 11.0. The molecule has 1 fully saturated rings. The highest BCUT2D eigenvalue weighted by molar-refractivity contribution is 6.07. The van der Waals surface area contributed by atoms with E-state index in [1.54, 1.807) is 26.0 Å². The van der Waals surface area contributed by atoms with Gasteiger partial charge in [0.1, 0.15) is 0 Å². The summed E-state index contributed by atoms with van der Waals surface area (Å²) >= 11 is 0. The third kappa shape index (κ3) is 2.51. The van der Waals surface area contributed by atoms with E-state index in [2.05, 4.69) is 12.1 Å². The van der Waals surface area contributed by atoms with Crippen LogP contribution in [0, 0.1) is 5.92 Å². The van der Waals surface area contributed by atoms with Crippen LogP contribution in [0.5, 0.6) is 11.5 Å². The molecule has 0 saturated carbocycles. The van der Waals surface area contributed by atoms with E-state index in [1.165, 1.54) is 0 Å². The molecule has 1 N–H and O–H groups in total. The van der Waals surface area contributed by atoms with Crippen LogP contribution in [0.2, 0.25) is 0 Å². The van der Waals surface area contributed by atoms with Crippen molar-refractivity contribution in [2.75, 3.05) is 27.4 Å². The van der Waals surface area contributed by atoms with Gasteiger partial charge in [0, 0.05) is 13.0 Å². The Morgan fingerprint density at radius 1 is 1.12 bits per heavy atom. The molecule has 2 aromatic rings. The van der Waals surface area contributed by atoms with Crippen molar-refractivity contribution in [2.45, 2.75) is 37.3 Å². The first-order chi connectivity index (χ1) is 15.4. The highest BCUT2D eigenvalue weighted by Crippen LogP contribution is 2.59. The molecular formula is C25H27NO6. The second kappa shape index (κ2) is 7.24. The second-order valence-electron chi connectivity index (χ2n) is 8.68. The van der Waals surface area contributed by atoms with Crippen molar-refractivity contribution in [3.8, 4) is 11.5 Å². The van der Waals surface area contributed by atoms with Crippen LogP contribution in [-0.4, -0.2) is 54.9 Å². The number of benzene rings is 2. The number of ether oxygens (including phenoxy) is 3. The summed E-state index contributed by atoms with van der Waals surface area (Å²) in [5.74, 6) is -0.422. The van der Waals surface area contributed by atoms with E-state index in [1.807, 2.05) is 24.3 Å². The number of methoxy groups -OCH3 is 2. The highest BCUT2D eigenvalue weighted by Gasteiger charge is 2.66. The normalized spacial score (nSPS) is 27.7. The SMILES string of the molecule is CCOC(=O)[C@]1(O)C[C@@H]2Cc3ccccc3[C@@]23c2cc(OC)c(OC)cc2CCN3C1=O.